The summed E-state index contributed by atoms with van der Waals surface area (Å²) in [5.41, 5.74) is 2.84. The molecule has 216 valence electrons. The first-order chi connectivity index (χ1) is 19.6. The Hall–Kier alpha value is -3.57. The molecule has 1 amide bonds. The molecule has 1 aromatic heterocycles. The van der Waals surface area contributed by atoms with Crippen LogP contribution >= 0.6 is 11.3 Å². The van der Waals surface area contributed by atoms with E-state index in [0.717, 1.165) is 16.7 Å². The quantitative estimate of drug-likeness (QED) is 0.183. The van der Waals surface area contributed by atoms with E-state index in [-0.39, 0.29) is 5.75 Å². The number of aromatic nitrogens is 1. The molecule has 41 heavy (non-hydrogen) atoms. The molecule has 0 saturated carbocycles. The molecule has 1 atom stereocenters. The average Bonchev–Trinajstić information content (AvgIpc) is 3.38. The van der Waals surface area contributed by atoms with Gasteiger partial charge in [0.15, 0.2) is 5.13 Å². The zero-order valence-electron chi connectivity index (χ0n) is 23.4. The molecule has 10 heteroatoms. The van der Waals surface area contributed by atoms with Gasteiger partial charge in [-0.25, -0.2) is 22.9 Å². The van der Waals surface area contributed by atoms with E-state index in [9.17, 15) is 13.2 Å². The molecule has 0 bridgehead atoms. The fraction of sp³-hybridized carbons (Fsp3) is 0.290. The second-order valence-corrected chi connectivity index (χ2v) is 13.3. The molecule has 0 fully saturated rings. The van der Waals surface area contributed by atoms with Gasteiger partial charge >= 0.3 is 6.09 Å². The van der Waals surface area contributed by atoms with Crippen molar-refractivity contribution in [2.45, 2.75) is 51.2 Å². The number of sulfonamides is 1. The first-order valence-electron chi connectivity index (χ1n) is 13.3. The SMILES string of the molecule is CC(C)(C)OC(=O)Nc1ncc(C(NS(=O)(=O)Cc2ccccc2)c2ccccc2CCOCc2ccccc2)s1. The largest absolute Gasteiger partial charge is 0.444 e. The monoisotopic (exact) mass is 593 g/mol. The summed E-state index contributed by atoms with van der Waals surface area (Å²) in [6.07, 6.45) is 1.54. The van der Waals surface area contributed by atoms with E-state index in [4.69, 9.17) is 9.47 Å². The molecule has 0 aliphatic heterocycles. The minimum absolute atomic E-state index is 0.172. The van der Waals surface area contributed by atoms with E-state index in [1.165, 1.54) is 11.3 Å². The minimum Gasteiger partial charge on any atom is -0.444 e. The summed E-state index contributed by atoms with van der Waals surface area (Å²) >= 11 is 1.19. The van der Waals surface area contributed by atoms with Crippen molar-refractivity contribution in [3.05, 3.63) is 118 Å². The molecular formula is C31H35N3O5S2. The van der Waals surface area contributed by atoms with E-state index in [1.807, 2.05) is 72.8 Å². The maximum absolute atomic E-state index is 13.4. The van der Waals surface area contributed by atoms with Gasteiger partial charge in [0.2, 0.25) is 10.0 Å². The number of hydrogen-bond acceptors (Lipinski definition) is 7. The minimum atomic E-state index is -3.76. The van der Waals surface area contributed by atoms with Gasteiger partial charge in [-0.05, 0) is 49.4 Å². The molecule has 0 spiro atoms. The van der Waals surface area contributed by atoms with Gasteiger partial charge in [-0.3, -0.25) is 5.32 Å². The number of nitrogens with one attached hydrogen (secondary N) is 2. The summed E-state index contributed by atoms with van der Waals surface area (Å²) in [4.78, 5) is 17.3. The van der Waals surface area contributed by atoms with Gasteiger partial charge in [0, 0.05) is 11.1 Å². The summed E-state index contributed by atoms with van der Waals surface area (Å²) in [6.45, 7) is 6.28. The van der Waals surface area contributed by atoms with Crippen molar-refractivity contribution in [2.24, 2.45) is 0 Å². The van der Waals surface area contributed by atoms with Crippen LogP contribution in [0.4, 0.5) is 9.93 Å². The number of benzene rings is 3. The standard InChI is InChI=1S/C31H35N3O5S2/c1-31(2,3)39-30(35)33-29-32-20-27(40-29)28(34-41(36,37)22-24-14-8-5-9-15-24)26-17-11-10-16-25(26)18-19-38-21-23-12-6-4-7-13-23/h4-17,20,28,34H,18-19,21-22H2,1-3H3,(H,32,33,35). The van der Waals surface area contributed by atoms with Crippen LogP contribution in [0.2, 0.25) is 0 Å². The molecule has 1 heterocycles. The molecule has 0 saturated heterocycles. The highest BCUT2D eigenvalue weighted by molar-refractivity contribution is 7.88. The second-order valence-electron chi connectivity index (χ2n) is 10.5. The van der Waals surface area contributed by atoms with Gasteiger partial charge in [0.05, 0.1) is 25.0 Å². The van der Waals surface area contributed by atoms with E-state index in [0.29, 0.717) is 35.2 Å². The number of anilines is 1. The fourth-order valence-corrected chi connectivity index (χ4v) is 6.42. The van der Waals surface area contributed by atoms with Crippen molar-refractivity contribution < 1.29 is 22.7 Å². The number of thiazole rings is 1. The van der Waals surface area contributed by atoms with E-state index < -0.39 is 27.8 Å². The van der Waals surface area contributed by atoms with Crippen molar-refractivity contribution >= 4 is 32.6 Å². The van der Waals surface area contributed by atoms with Gasteiger partial charge < -0.3 is 9.47 Å². The van der Waals surface area contributed by atoms with Crippen LogP contribution in [0.3, 0.4) is 0 Å². The van der Waals surface area contributed by atoms with Crippen LogP contribution in [-0.4, -0.2) is 31.7 Å². The number of amides is 1. The molecule has 0 aliphatic carbocycles. The van der Waals surface area contributed by atoms with Crippen molar-refractivity contribution in [1.82, 2.24) is 9.71 Å². The number of rotatable bonds is 12. The van der Waals surface area contributed by atoms with Gasteiger partial charge in [0.1, 0.15) is 5.60 Å². The molecule has 0 radical (unpaired) electrons. The van der Waals surface area contributed by atoms with Crippen molar-refractivity contribution in [3.63, 3.8) is 0 Å². The summed E-state index contributed by atoms with van der Waals surface area (Å²) < 4.78 is 40.9. The van der Waals surface area contributed by atoms with Crippen molar-refractivity contribution in [3.8, 4) is 0 Å². The van der Waals surface area contributed by atoms with E-state index >= 15 is 0 Å². The van der Waals surface area contributed by atoms with Crippen LogP contribution in [0.5, 0.6) is 0 Å². The highest BCUT2D eigenvalue weighted by atomic mass is 32.2. The first-order valence-corrected chi connectivity index (χ1v) is 15.7. The Balaban J connectivity index is 1.57. The highest BCUT2D eigenvalue weighted by Crippen LogP contribution is 2.33. The molecular weight excluding hydrogens is 558 g/mol. The third-order valence-corrected chi connectivity index (χ3v) is 8.19. The summed E-state index contributed by atoms with van der Waals surface area (Å²) in [6, 6.07) is 25.9. The van der Waals surface area contributed by atoms with Crippen LogP contribution in [0.15, 0.2) is 91.1 Å². The summed E-state index contributed by atoms with van der Waals surface area (Å²) in [7, 11) is -3.76. The lowest BCUT2D eigenvalue weighted by Gasteiger charge is -2.21. The molecule has 4 rings (SSSR count). The Bertz CT molecular complexity index is 1520. The number of ether oxygens (including phenoxy) is 2. The Morgan fingerprint density at radius 1 is 0.927 bits per heavy atom. The second kappa shape index (κ2) is 13.9. The normalized spacial score (nSPS) is 12.6. The van der Waals surface area contributed by atoms with Crippen molar-refractivity contribution in [1.29, 1.82) is 0 Å². The lowest BCUT2D eigenvalue weighted by molar-refractivity contribution is 0.0636. The fourth-order valence-electron chi connectivity index (χ4n) is 4.15. The molecule has 3 aromatic carbocycles. The molecule has 4 aromatic rings. The average molecular weight is 594 g/mol. The Labute approximate surface area is 245 Å². The topological polar surface area (TPSA) is 107 Å². The summed E-state index contributed by atoms with van der Waals surface area (Å²) in [5.74, 6) is -0.172. The van der Waals surface area contributed by atoms with E-state index in [2.05, 4.69) is 15.0 Å². The van der Waals surface area contributed by atoms with Crippen LogP contribution in [0.25, 0.3) is 0 Å². The first kappa shape index (κ1) is 30.4. The van der Waals surface area contributed by atoms with Gasteiger partial charge in [-0.1, -0.05) is 96.3 Å². The maximum atomic E-state index is 13.4. The number of hydrogen-bond donors (Lipinski definition) is 2. The zero-order chi connectivity index (χ0) is 29.3. The number of nitrogens with zero attached hydrogens (tertiary/aromatic N) is 1. The van der Waals surface area contributed by atoms with Crippen LogP contribution in [0, 0.1) is 0 Å². The van der Waals surface area contributed by atoms with Gasteiger partial charge in [0.25, 0.3) is 0 Å². The lowest BCUT2D eigenvalue weighted by atomic mass is 9.98. The summed E-state index contributed by atoms with van der Waals surface area (Å²) in [5, 5.41) is 2.96. The van der Waals surface area contributed by atoms with Crippen LogP contribution < -0.4 is 10.0 Å². The molecule has 0 aliphatic rings. The third kappa shape index (κ3) is 9.79. The molecule has 8 nitrogen and oxygen atoms in total. The van der Waals surface area contributed by atoms with Crippen LogP contribution in [-0.2, 0) is 38.3 Å². The van der Waals surface area contributed by atoms with E-state index in [1.54, 1.807) is 39.1 Å². The highest BCUT2D eigenvalue weighted by Gasteiger charge is 2.26. The maximum Gasteiger partial charge on any atom is 0.413 e. The van der Waals surface area contributed by atoms with Crippen LogP contribution in [0.1, 0.15) is 53.9 Å². The van der Waals surface area contributed by atoms with Gasteiger partial charge in [-0.15, -0.1) is 0 Å². The zero-order valence-corrected chi connectivity index (χ0v) is 25.0. The Kier molecular flexibility index (Phi) is 10.3. The smallest absolute Gasteiger partial charge is 0.413 e. The number of carbonyl (C=O) groups is 1. The third-order valence-electron chi connectivity index (χ3n) is 5.91. The Morgan fingerprint density at radius 2 is 1.56 bits per heavy atom. The van der Waals surface area contributed by atoms with Gasteiger partial charge in [-0.2, -0.15) is 0 Å². The van der Waals surface area contributed by atoms with Crippen molar-refractivity contribution in [2.75, 3.05) is 11.9 Å². The molecule has 2 N–H and O–H groups in total. The number of carbonyl (C=O) groups excluding carboxylic acids is 1. The predicted molar refractivity (Wildman–Crippen MR) is 162 cm³/mol. The Morgan fingerprint density at radius 3 is 2.24 bits per heavy atom. The lowest BCUT2D eigenvalue weighted by Crippen LogP contribution is -2.30. The molecule has 1 unspecified atom stereocenters. The predicted octanol–water partition coefficient (Wildman–Crippen LogP) is 6.46.